The topological polar surface area (TPSA) is 158 Å². The quantitative estimate of drug-likeness (QED) is 0.338. The molecule has 1 fully saturated rings. The second-order valence-corrected chi connectivity index (χ2v) is 3.48. The van der Waals surface area contributed by atoms with Crippen LogP contribution in [0.15, 0.2) is 0 Å². The fourth-order valence-electron chi connectivity index (χ4n) is 1.54. The molecule has 1 heterocycles. The van der Waals surface area contributed by atoms with Crippen molar-refractivity contribution in [1.29, 1.82) is 0 Å². The summed E-state index contributed by atoms with van der Waals surface area (Å²) in [6.45, 7) is 0. The van der Waals surface area contributed by atoms with Gasteiger partial charge in [0.15, 0.2) is 0 Å². The molecular weight excluding hydrogens is 279 g/mol. The summed E-state index contributed by atoms with van der Waals surface area (Å²) in [5.74, 6) is -7.74. The summed E-state index contributed by atoms with van der Waals surface area (Å²) in [5, 5.41) is 35.0. The summed E-state index contributed by atoms with van der Waals surface area (Å²) in [6.07, 6.45) is -1.48. The molecule has 10 heteroatoms. The molecule has 0 atom stereocenters. The maximum atomic E-state index is 10.8. The number of hydrogen-bond acceptors (Lipinski definition) is 5. The number of rotatable bonds is 4. The predicted octanol–water partition coefficient (Wildman–Crippen LogP) is -2.04. The van der Waals surface area contributed by atoms with E-state index >= 15 is 0 Å². The van der Waals surface area contributed by atoms with E-state index in [2.05, 4.69) is 4.74 Å². The minimum absolute atomic E-state index is 0. The van der Waals surface area contributed by atoms with E-state index in [4.69, 9.17) is 20.4 Å². The Hall–Kier alpha value is -0.524. The van der Waals surface area contributed by atoms with Crippen LogP contribution in [0.25, 0.3) is 0 Å². The molecule has 9 nitrogen and oxygen atoms in total. The minimum atomic E-state index is -2.84. The molecular formula is C8H9KO9. The molecule has 0 saturated carbocycles. The number of aliphatic carboxylic acids is 4. The van der Waals surface area contributed by atoms with Crippen LogP contribution < -0.4 is 0 Å². The summed E-state index contributed by atoms with van der Waals surface area (Å²) in [7, 11) is 0. The van der Waals surface area contributed by atoms with Gasteiger partial charge in [-0.15, -0.1) is 0 Å². The van der Waals surface area contributed by atoms with Gasteiger partial charge in [0.25, 0.3) is 11.2 Å². The van der Waals surface area contributed by atoms with Crippen LogP contribution in [-0.4, -0.2) is 107 Å². The third-order valence-corrected chi connectivity index (χ3v) is 2.56. The van der Waals surface area contributed by atoms with Gasteiger partial charge in [0, 0.05) is 12.8 Å². The van der Waals surface area contributed by atoms with E-state index < -0.39 is 47.9 Å². The monoisotopic (exact) mass is 288 g/mol. The van der Waals surface area contributed by atoms with Crippen molar-refractivity contribution in [2.45, 2.75) is 24.0 Å². The molecule has 96 valence electrons. The van der Waals surface area contributed by atoms with Gasteiger partial charge in [-0.25, -0.2) is 19.2 Å². The summed E-state index contributed by atoms with van der Waals surface area (Å²) in [5.41, 5.74) is -5.67. The first-order valence-corrected chi connectivity index (χ1v) is 4.33. The molecule has 0 amide bonds. The Balaban J connectivity index is 0.00000289. The van der Waals surface area contributed by atoms with E-state index in [9.17, 15) is 19.2 Å². The average Bonchev–Trinajstić information content (AvgIpc) is 2.59. The number of carboxylic acids is 4. The van der Waals surface area contributed by atoms with Gasteiger partial charge in [0.2, 0.25) is 0 Å². The maximum absolute atomic E-state index is 10.8. The van der Waals surface area contributed by atoms with Crippen molar-refractivity contribution >= 4 is 75.3 Å². The predicted molar refractivity (Wildman–Crippen MR) is 53.5 cm³/mol. The van der Waals surface area contributed by atoms with Crippen LogP contribution in [0.3, 0.4) is 0 Å². The van der Waals surface area contributed by atoms with Crippen molar-refractivity contribution in [2.24, 2.45) is 0 Å². The third-order valence-electron chi connectivity index (χ3n) is 2.56. The molecule has 1 rings (SSSR count). The zero-order chi connectivity index (χ0) is 13.4. The van der Waals surface area contributed by atoms with E-state index in [1.807, 2.05) is 0 Å². The number of carbonyl (C=O) groups is 4. The van der Waals surface area contributed by atoms with Gasteiger partial charge in [-0.1, -0.05) is 0 Å². The van der Waals surface area contributed by atoms with E-state index in [-0.39, 0.29) is 51.4 Å². The Bertz CT molecular complexity index is 349. The molecule has 18 heavy (non-hydrogen) atoms. The number of carboxylic acid groups (broad SMARTS) is 4. The third kappa shape index (κ3) is 2.44. The van der Waals surface area contributed by atoms with Crippen molar-refractivity contribution < 1.29 is 44.3 Å². The van der Waals surface area contributed by atoms with Gasteiger partial charge >= 0.3 is 75.3 Å². The Labute approximate surface area is 142 Å². The van der Waals surface area contributed by atoms with Crippen LogP contribution in [0.4, 0.5) is 0 Å². The van der Waals surface area contributed by atoms with Gasteiger partial charge in [-0.05, 0) is 0 Å². The molecule has 1 aliphatic heterocycles. The van der Waals surface area contributed by atoms with Gasteiger partial charge in [0.05, 0.1) is 0 Å². The van der Waals surface area contributed by atoms with Gasteiger partial charge in [-0.2, -0.15) is 0 Å². The first-order chi connectivity index (χ1) is 7.69. The normalized spacial score (nSPS) is 19.6. The van der Waals surface area contributed by atoms with Gasteiger partial charge in [-0.3, -0.25) is 0 Å². The second-order valence-electron chi connectivity index (χ2n) is 3.48. The molecule has 0 aromatic carbocycles. The molecule has 0 aromatic heterocycles. The standard InChI is InChI=1S/C8H8O9.K.H/c9-3(10)7(4(11)12)1-2-8(17-7,5(13)14)6(15)16;;/h1-2H2,(H,9,10)(H,11,12)(H,13,14)(H,15,16);;. The fourth-order valence-corrected chi connectivity index (χ4v) is 1.54. The fraction of sp³-hybridized carbons (Fsp3) is 0.500. The van der Waals surface area contributed by atoms with Gasteiger partial charge < -0.3 is 25.2 Å². The van der Waals surface area contributed by atoms with E-state index in [1.165, 1.54) is 0 Å². The molecule has 0 aliphatic carbocycles. The molecule has 4 N–H and O–H groups in total. The Morgan fingerprint density at radius 2 is 0.944 bits per heavy atom. The summed E-state index contributed by atoms with van der Waals surface area (Å²) < 4.78 is 4.38. The van der Waals surface area contributed by atoms with Crippen molar-refractivity contribution in [1.82, 2.24) is 0 Å². The van der Waals surface area contributed by atoms with Crippen LogP contribution in [0.2, 0.25) is 0 Å². The zero-order valence-corrected chi connectivity index (χ0v) is 8.24. The molecule has 0 spiro atoms. The SMILES string of the molecule is O=C(O)C1(C(=O)O)CCC(C(=O)O)(C(=O)O)O1.[KH]. The van der Waals surface area contributed by atoms with Crippen LogP contribution in [-0.2, 0) is 23.9 Å². The van der Waals surface area contributed by atoms with Crippen LogP contribution in [0.1, 0.15) is 12.8 Å². The van der Waals surface area contributed by atoms with Crippen LogP contribution in [0, 0.1) is 0 Å². The van der Waals surface area contributed by atoms with Crippen molar-refractivity contribution in [3.05, 3.63) is 0 Å². The first-order valence-electron chi connectivity index (χ1n) is 4.33. The first kappa shape index (κ1) is 17.5. The second kappa shape index (κ2) is 5.63. The van der Waals surface area contributed by atoms with E-state index in [0.29, 0.717) is 0 Å². The van der Waals surface area contributed by atoms with E-state index in [1.54, 1.807) is 0 Å². The molecule has 1 saturated heterocycles. The van der Waals surface area contributed by atoms with Crippen molar-refractivity contribution in [2.75, 3.05) is 0 Å². The number of ether oxygens (including phenoxy) is 1. The number of hydrogen-bond donors (Lipinski definition) is 4. The molecule has 0 aromatic rings. The summed E-state index contributed by atoms with van der Waals surface area (Å²) >= 11 is 0. The van der Waals surface area contributed by atoms with Crippen LogP contribution in [0.5, 0.6) is 0 Å². The van der Waals surface area contributed by atoms with Crippen molar-refractivity contribution in [3.63, 3.8) is 0 Å². The summed E-state index contributed by atoms with van der Waals surface area (Å²) in [6, 6.07) is 0. The van der Waals surface area contributed by atoms with Gasteiger partial charge in [0.1, 0.15) is 0 Å². The summed E-state index contributed by atoms with van der Waals surface area (Å²) in [4.78, 5) is 43.2. The van der Waals surface area contributed by atoms with E-state index in [0.717, 1.165) is 0 Å². The average molecular weight is 288 g/mol. The molecule has 0 bridgehead atoms. The Morgan fingerprint density at radius 3 is 1.06 bits per heavy atom. The Kier molecular flexibility index (Phi) is 5.47. The van der Waals surface area contributed by atoms with Crippen LogP contribution >= 0.6 is 0 Å². The van der Waals surface area contributed by atoms with Crippen molar-refractivity contribution in [3.8, 4) is 0 Å². The molecule has 1 aliphatic rings. The zero-order valence-electron chi connectivity index (χ0n) is 8.24. The molecule has 0 unspecified atom stereocenters. The molecule has 0 radical (unpaired) electrons. The Morgan fingerprint density at radius 1 is 0.722 bits per heavy atom.